The van der Waals surface area contributed by atoms with Crippen molar-refractivity contribution in [1.82, 2.24) is 19.7 Å². The predicted octanol–water partition coefficient (Wildman–Crippen LogP) is 0.453. The Morgan fingerprint density at radius 3 is 2.87 bits per heavy atom. The van der Waals surface area contributed by atoms with E-state index in [2.05, 4.69) is 15.1 Å². The van der Waals surface area contributed by atoms with Crippen molar-refractivity contribution in [1.29, 1.82) is 0 Å². The van der Waals surface area contributed by atoms with Crippen LogP contribution in [0, 0.1) is 0 Å². The fourth-order valence-corrected chi connectivity index (χ4v) is 1.44. The van der Waals surface area contributed by atoms with Crippen molar-refractivity contribution in [3.05, 3.63) is 42.2 Å². The molecule has 2 heterocycles. The van der Waals surface area contributed by atoms with Gasteiger partial charge in [-0.1, -0.05) is 0 Å². The summed E-state index contributed by atoms with van der Waals surface area (Å²) in [7, 11) is 1.89. The van der Waals surface area contributed by atoms with Gasteiger partial charge in [0, 0.05) is 31.8 Å². The quantitative estimate of drug-likeness (QED) is 0.786. The standard InChI is InChI=1S/C10H13N5/c1-15-7-8(5-14-15)4-9(11)10-6-12-2-3-13-10/h2-3,5-7,9H,4,11H2,1H3. The van der Waals surface area contributed by atoms with Crippen LogP contribution in [-0.2, 0) is 13.5 Å². The molecule has 0 aliphatic rings. The molecule has 0 saturated carbocycles. The van der Waals surface area contributed by atoms with Crippen molar-refractivity contribution < 1.29 is 0 Å². The number of nitrogens with two attached hydrogens (primary N) is 1. The molecule has 0 radical (unpaired) electrons. The molecule has 0 aromatic carbocycles. The highest BCUT2D eigenvalue weighted by Gasteiger charge is 2.09. The van der Waals surface area contributed by atoms with E-state index in [1.165, 1.54) is 0 Å². The van der Waals surface area contributed by atoms with Gasteiger partial charge in [-0.15, -0.1) is 0 Å². The summed E-state index contributed by atoms with van der Waals surface area (Å²) in [6.07, 6.45) is 9.48. The predicted molar refractivity (Wildman–Crippen MR) is 55.9 cm³/mol. The molecule has 5 heteroatoms. The minimum absolute atomic E-state index is 0.122. The molecule has 1 unspecified atom stereocenters. The van der Waals surface area contributed by atoms with E-state index in [0.29, 0.717) is 0 Å². The molecular weight excluding hydrogens is 190 g/mol. The van der Waals surface area contributed by atoms with E-state index in [9.17, 15) is 0 Å². The van der Waals surface area contributed by atoms with Gasteiger partial charge in [0.1, 0.15) is 0 Å². The van der Waals surface area contributed by atoms with Crippen LogP contribution in [0.15, 0.2) is 31.0 Å². The van der Waals surface area contributed by atoms with Crippen LogP contribution < -0.4 is 5.73 Å². The second-order valence-corrected chi connectivity index (χ2v) is 3.46. The molecule has 0 aliphatic carbocycles. The Kier molecular flexibility index (Phi) is 2.73. The monoisotopic (exact) mass is 203 g/mol. The second kappa shape index (κ2) is 4.18. The minimum Gasteiger partial charge on any atom is -0.322 e. The lowest BCUT2D eigenvalue weighted by atomic mass is 10.1. The molecule has 0 fully saturated rings. The summed E-state index contributed by atoms with van der Waals surface area (Å²) in [5.41, 5.74) is 7.91. The van der Waals surface area contributed by atoms with Gasteiger partial charge in [0.15, 0.2) is 0 Å². The van der Waals surface area contributed by atoms with Gasteiger partial charge in [-0.05, 0) is 12.0 Å². The van der Waals surface area contributed by atoms with Gasteiger partial charge in [-0.2, -0.15) is 5.10 Å². The molecule has 2 aromatic rings. The van der Waals surface area contributed by atoms with E-state index in [1.807, 2.05) is 19.4 Å². The zero-order chi connectivity index (χ0) is 10.7. The third-order valence-corrected chi connectivity index (χ3v) is 2.18. The second-order valence-electron chi connectivity index (χ2n) is 3.46. The molecule has 1 atom stereocenters. The van der Waals surface area contributed by atoms with Gasteiger partial charge in [-0.3, -0.25) is 14.6 Å². The molecule has 0 amide bonds. The molecule has 0 saturated heterocycles. The average Bonchev–Trinajstić information content (AvgIpc) is 2.65. The first-order valence-electron chi connectivity index (χ1n) is 4.74. The maximum Gasteiger partial charge on any atom is 0.0757 e. The number of hydrogen-bond donors (Lipinski definition) is 1. The van der Waals surface area contributed by atoms with Crippen LogP contribution >= 0.6 is 0 Å². The normalized spacial score (nSPS) is 12.7. The van der Waals surface area contributed by atoms with E-state index in [1.54, 1.807) is 23.3 Å². The van der Waals surface area contributed by atoms with Crippen molar-refractivity contribution in [2.24, 2.45) is 12.8 Å². The average molecular weight is 203 g/mol. The van der Waals surface area contributed by atoms with E-state index in [0.717, 1.165) is 17.7 Å². The summed E-state index contributed by atoms with van der Waals surface area (Å²) in [5, 5.41) is 4.09. The maximum atomic E-state index is 6.00. The SMILES string of the molecule is Cn1cc(CC(N)c2cnccn2)cn1. The highest BCUT2D eigenvalue weighted by molar-refractivity contribution is 5.11. The lowest BCUT2D eigenvalue weighted by molar-refractivity contribution is 0.690. The zero-order valence-corrected chi connectivity index (χ0v) is 8.54. The molecule has 0 spiro atoms. The molecule has 2 N–H and O–H groups in total. The van der Waals surface area contributed by atoms with Crippen LogP contribution in [0.4, 0.5) is 0 Å². The van der Waals surface area contributed by atoms with Crippen molar-refractivity contribution in [3.63, 3.8) is 0 Å². The number of hydrogen-bond acceptors (Lipinski definition) is 4. The Hall–Kier alpha value is -1.75. The first-order valence-corrected chi connectivity index (χ1v) is 4.74. The Morgan fingerprint density at radius 1 is 1.40 bits per heavy atom. The van der Waals surface area contributed by atoms with Gasteiger partial charge >= 0.3 is 0 Å². The number of aromatic nitrogens is 4. The first-order chi connectivity index (χ1) is 7.25. The van der Waals surface area contributed by atoms with Crippen LogP contribution in [0.1, 0.15) is 17.3 Å². The molecule has 78 valence electrons. The smallest absolute Gasteiger partial charge is 0.0757 e. The number of aryl methyl sites for hydroxylation is 1. The number of nitrogens with zero attached hydrogens (tertiary/aromatic N) is 4. The fourth-order valence-electron chi connectivity index (χ4n) is 1.44. The zero-order valence-electron chi connectivity index (χ0n) is 8.54. The van der Waals surface area contributed by atoms with Crippen LogP contribution in [0.3, 0.4) is 0 Å². The Balaban J connectivity index is 2.07. The molecule has 0 bridgehead atoms. The van der Waals surface area contributed by atoms with E-state index in [4.69, 9.17) is 5.73 Å². The van der Waals surface area contributed by atoms with Crippen molar-refractivity contribution in [2.45, 2.75) is 12.5 Å². The lowest BCUT2D eigenvalue weighted by Gasteiger charge is -2.08. The van der Waals surface area contributed by atoms with Crippen molar-refractivity contribution in [3.8, 4) is 0 Å². The van der Waals surface area contributed by atoms with Crippen molar-refractivity contribution in [2.75, 3.05) is 0 Å². The molecule has 2 aromatic heterocycles. The molecule has 0 aliphatic heterocycles. The summed E-state index contributed by atoms with van der Waals surface area (Å²) >= 11 is 0. The van der Waals surface area contributed by atoms with Crippen LogP contribution in [0.2, 0.25) is 0 Å². The summed E-state index contributed by atoms with van der Waals surface area (Å²) < 4.78 is 1.76. The van der Waals surface area contributed by atoms with Crippen LogP contribution in [-0.4, -0.2) is 19.7 Å². The molecule has 5 nitrogen and oxygen atoms in total. The first kappa shape index (κ1) is 9.79. The van der Waals surface area contributed by atoms with Gasteiger partial charge in [-0.25, -0.2) is 0 Å². The Labute approximate surface area is 88.0 Å². The van der Waals surface area contributed by atoms with Crippen molar-refractivity contribution >= 4 is 0 Å². The number of rotatable bonds is 3. The van der Waals surface area contributed by atoms with Gasteiger partial charge in [0.25, 0.3) is 0 Å². The summed E-state index contributed by atoms with van der Waals surface area (Å²) in [6.45, 7) is 0. The highest BCUT2D eigenvalue weighted by atomic mass is 15.2. The molecule has 15 heavy (non-hydrogen) atoms. The fraction of sp³-hybridized carbons (Fsp3) is 0.300. The van der Waals surface area contributed by atoms with Gasteiger partial charge in [0.2, 0.25) is 0 Å². The van der Waals surface area contributed by atoms with E-state index >= 15 is 0 Å². The third-order valence-electron chi connectivity index (χ3n) is 2.18. The summed E-state index contributed by atoms with van der Waals surface area (Å²) in [4.78, 5) is 8.16. The molecule has 2 rings (SSSR count). The lowest BCUT2D eigenvalue weighted by Crippen LogP contribution is -2.14. The summed E-state index contributed by atoms with van der Waals surface area (Å²) in [6, 6.07) is -0.122. The maximum absolute atomic E-state index is 6.00. The third kappa shape index (κ3) is 2.38. The Morgan fingerprint density at radius 2 is 2.27 bits per heavy atom. The van der Waals surface area contributed by atoms with Gasteiger partial charge < -0.3 is 5.73 Å². The molecular formula is C10H13N5. The largest absolute Gasteiger partial charge is 0.322 e. The topological polar surface area (TPSA) is 69.6 Å². The highest BCUT2D eigenvalue weighted by Crippen LogP contribution is 2.11. The Bertz CT molecular complexity index is 422. The van der Waals surface area contributed by atoms with Gasteiger partial charge in [0.05, 0.1) is 17.9 Å². The summed E-state index contributed by atoms with van der Waals surface area (Å²) in [5.74, 6) is 0. The minimum atomic E-state index is -0.122. The van der Waals surface area contributed by atoms with Crippen LogP contribution in [0.5, 0.6) is 0 Å². The van der Waals surface area contributed by atoms with E-state index < -0.39 is 0 Å². The van der Waals surface area contributed by atoms with Crippen LogP contribution in [0.25, 0.3) is 0 Å². The van der Waals surface area contributed by atoms with E-state index in [-0.39, 0.29) is 6.04 Å².